The summed E-state index contributed by atoms with van der Waals surface area (Å²) in [6.07, 6.45) is -3.00. The maximum Gasteiger partial charge on any atom is 0.417 e. The Kier molecular flexibility index (Phi) is 6.07. The molecule has 0 aromatic heterocycles. The van der Waals surface area contributed by atoms with Crippen LogP contribution in [-0.4, -0.2) is 47.7 Å². The first-order chi connectivity index (χ1) is 11.7. The summed E-state index contributed by atoms with van der Waals surface area (Å²) in [6.45, 7) is 0.605. The summed E-state index contributed by atoms with van der Waals surface area (Å²) < 4.78 is 43.7. The van der Waals surface area contributed by atoms with Crippen molar-refractivity contribution in [3.05, 3.63) is 40.4 Å². The quantitative estimate of drug-likeness (QED) is 0.819. The summed E-state index contributed by atoms with van der Waals surface area (Å²) in [5, 5.41) is 8.34. The second kappa shape index (κ2) is 7.88. The van der Waals surface area contributed by atoms with Gasteiger partial charge in [0.25, 0.3) is 0 Å². The summed E-state index contributed by atoms with van der Waals surface area (Å²) in [6, 6.07) is 3.35. The van der Waals surface area contributed by atoms with Gasteiger partial charge < -0.3 is 14.7 Å². The van der Waals surface area contributed by atoms with Crippen molar-refractivity contribution >= 4 is 29.6 Å². The SMILES string of the molecule is O=C(O)CC1CN(C(=O)C=Cc2ccc(Cl)c(C(F)(F)F)c2)CCO1. The zero-order valence-electron chi connectivity index (χ0n) is 12.9. The fraction of sp³-hybridized carbons (Fsp3) is 0.375. The lowest BCUT2D eigenvalue weighted by Gasteiger charge is -2.31. The summed E-state index contributed by atoms with van der Waals surface area (Å²) in [4.78, 5) is 24.2. The highest BCUT2D eigenvalue weighted by molar-refractivity contribution is 6.31. The van der Waals surface area contributed by atoms with E-state index in [1.54, 1.807) is 0 Å². The van der Waals surface area contributed by atoms with Gasteiger partial charge in [0.15, 0.2) is 0 Å². The van der Waals surface area contributed by atoms with E-state index >= 15 is 0 Å². The third-order valence-corrected chi connectivity index (χ3v) is 3.90. The Hall–Kier alpha value is -2.06. The number of morpholine rings is 1. The number of aliphatic carboxylic acids is 1. The molecule has 25 heavy (non-hydrogen) atoms. The molecular formula is C16H15ClF3NO4. The zero-order chi connectivity index (χ0) is 18.6. The van der Waals surface area contributed by atoms with Crippen molar-refractivity contribution in [2.45, 2.75) is 18.7 Å². The Balaban J connectivity index is 2.06. The molecule has 2 rings (SSSR count). The molecule has 1 N–H and O–H groups in total. The number of halogens is 4. The normalized spacial score (nSPS) is 18.6. The molecule has 1 saturated heterocycles. The van der Waals surface area contributed by atoms with Crippen molar-refractivity contribution in [1.82, 2.24) is 4.90 Å². The second-order valence-electron chi connectivity index (χ2n) is 5.45. The van der Waals surface area contributed by atoms with Crippen LogP contribution < -0.4 is 0 Å². The number of carbonyl (C=O) groups is 2. The first-order valence-electron chi connectivity index (χ1n) is 7.34. The summed E-state index contributed by atoms with van der Waals surface area (Å²) in [7, 11) is 0. The van der Waals surface area contributed by atoms with Gasteiger partial charge in [-0.2, -0.15) is 13.2 Å². The van der Waals surface area contributed by atoms with E-state index in [-0.39, 0.29) is 31.7 Å². The second-order valence-corrected chi connectivity index (χ2v) is 5.85. The molecule has 1 aliphatic heterocycles. The third-order valence-electron chi connectivity index (χ3n) is 3.57. The van der Waals surface area contributed by atoms with Crippen molar-refractivity contribution in [3.63, 3.8) is 0 Å². The zero-order valence-corrected chi connectivity index (χ0v) is 13.7. The minimum Gasteiger partial charge on any atom is -0.481 e. The van der Waals surface area contributed by atoms with Gasteiger partial charge in [0, 0.05) is 19.2 Å². The largest absolute Gasteiger partial charge is 0.481 e. The topological polar surface area (TPSA) is 66.8 Å². The van der Waals surface area contributed by atoms with Crippen LogP contribution in [0.4, 0.5) is 13.2 Å². The molecule has 0 radical (unpaired) electrons. The van der Waals surface area contributed by atoms with Crippen LogP contribution in [0.25, 0.3) is 6.08 Å². The van der Waals surface area contributed by atoms with Crippen LogP contribution in [0, 0.1) is 0 Å². The minimum absolute atomic E-state index is 0.115. The van der Waals surface area contributed by atoms with E-state index in [1.807, 2.05) is 0 Å². The lowest BCUT2D eigenvalue weighted by molar-refractivity contribution is -0.145. The van der Waals surface area contributed by atoms with E-state index in [9.17, 15) is 22.8 Å². The Bertz CT molecular complexity index is 690. The number of nitrogens with zero attached hydrogens (tertiary/aromatic N) is 1. The molecular weight excluding hydrogens is 363 g/mol. The molecule has 1 aliphatic rings. The molecule has 1 unspecified atom stereocenters. The van der Waals surface area contributed by atoms with Crippen molar-refractivity contribution in [3.8, 4) is 0 Å². The monoisotopic (exact) mass is 377 g/mol. The van der Waals surface area contributed by atoms with Gasteiger partial charge in [-0.05, 0) is 23.8 Å². The molecule has 0 aliphatic carbocycles. The van der Waals surface area contributed by atoms with Crippen LogP contribution in [0.2, 0.25) is 5.02 Å². The highest BCUT2D eigenvalue weighted by atomic mass is 35.5. The molecule has 1 atom stereocenters. The number of hydrogen-bond donors (Lipinski definition) is 1. The lowest BCUT2D eigenvalue weighted by atomic mass is 10.1. The van der Waals surface area contributed by atoms with Gasteiger partial charge in [-0.15, -0.1) is 0 Å². The number of rotatable bonds is 4. The van der Waals surface area contributed by atoms with Gasteiger partial charge >= 0.3 is 12.1 Å². The van der Waals surface area contributed by atoms with Gasteiger partial charge in [-0.25, -0.2) is 0 Å². The molecule has 5 nitrogen and oxygen atoms in total. The van der Waals surface area contributed by atoms with Gasteiger partial charge in [-0.1, -0.05) is 17.7 Å². The minimum atomic E-state index is -4.58. The Morgan fingerprint density at radius 1 is 1.40 bits per heavy atom. The van der Waals surface area contributed by atoms with Gasteiger partial charge in [-0.3, -0.25) is 9.59 Å². The molecule has 1 aromatic carbocycles. The molecule has 0 bridgehead atoms. The van der Waals surface area contributed by atoms with Crippen molar-refractivity contribution in [1.29, 1.82) is 0 Å². The van der Waals surface area contributed by atoms with Gasteiger partial charge in [0.1, 0.15) is 0 Å². The Labute approximate surface area is 146 Å². The van der Waals surface area contributed by atoms with Gasteiger partial charge in [0.05, 0.1) is 29.7 Å². The molecule has 0 spiro atoms. The molecule has 1 aromatic rings. The summed E-state index contributed by atoms with van der Waals surface area (Å²) in [5.74, 6) is -1.46. The summed E-state index contributed by atoms with van der Waals surface area (Å²) >= 11 is 5.54. The standard InChI is InChI=1S/C16H15ClF3NO4/c17-13-3-1-10(7-12(13)16(18,19)20)2-4-14(22)21-5-6-25-11(9-21)8-15(23)24/h1-4,7,11H,5-6,8-9H2,(H,23,24). The number of carbonyl (C=O) groups excluding carboxylic acids is 1. The fourth-order valence-corrected chi connectivity index (χ4v) is 2.60. The number of amides is 1. The van der Waals surface area contributed by atoms with Crippen LogP contribution in [0.15, 0.2) is 24.3 Å². The molecule has 136 valence electrons. The molecule has 1 fully saturated rings. The lowest BCUT2D eigenvalue weighted by Crippen LogP contribution is -2.45. The number of alkyl halides is 3. The van der Waals surface area contributed by atoms with E-state index < -0.39 is 34.7 Å². The van der Waals surface area contributed by atoms with Gasteiger partial charge in [0.2, 0.25) is 5.91 Å². The molecule has 9 heteroatoms. The Morgan fingerprint density at radius 3 is 2.76 bits per heavy atom. The number of carboxylic acid groups (broad SMARTS) is 1. The van der Waals surface area contributed by atoms with E-state index in [1.165, 1.54) is 17.0 Å². The number of hydrogen-bond acceptors (Lipinski definition) is 3. The first kappa shape index (κ1) is 19.3. The molecule has 1 heterocycles. The predicted molar refractivity (Wildman–Crippen MR) is 84.1 cm³/mol. The summed E-state index contributed by atoms with van der Waals surface area (Å²) in [5.41, 5.74) is -0.794. The highest BCUT2D eigenvalue weighted by Crippen LogP contribution is 2.35. The molecule has 1 amide bonds. The Morgan fingerprint density at radius 2 is 2.12 bits per heavy atom. The van der Waals surface area contributed by atoms with E-state index in [4.69, 9.17) is 21.4 Å². The third kappa shape index (κ3) is 5.47. The fourth-order valence-electron chi connectivity index (χ4n) is 2.37. The van der Waals surface area contributed by atoms with Crippen LogP contribution >= 0.6 is 11.6 Å². The smallest absolute Gasteiger partial charge is 0.417 e. The van der Waals surface area contributed by atoms with Crippen LogP contribution in [0.3, 0.4) is 0 Å². The number of ether oxygens (including phenoxy) is 1. The van der Waals surface area contributed by atoms with E-state index in [0.717, 1.165) is 18.2 Å². The van der Waals surface area contributed by atoms with Crippen LogP contribution in [-0.2, 0) is 20.5 Å². The predicted octanol–water partition coefficient (Wildman–Crippen LogP) is 3.07. The van der Waals surface area contributed by atoms with Crippen molar-refractivity contribution in [2.75, 3.05) is 19.7 Å². The highest BCUT2D eigenvalue weighted by Gasteiger charge is 2.33. The average Bonchev–Trinajstić information content (AvgIpc) is 2.52. The van der Waals surface area contributed by atoms with E-state index in [2.05, 4.69) is 0 Å². The maximum absolute atomic E-state index is 12.8. The van der Waals surface area contributed by atoms with Crippen LogP contribution in [0.1, 0.15) is 17.5 Å². The number of benzene rings is 1. The van der Waals surface area contributed by atoms with Crippen molar-refractivity contribution in [2.24, 2.45) is 0 Å². The van der Waals surface area contributed by atoms with Crippen LogP contribution in [0.5, 0.6) is 0 Å². The van der Waals surface area contributed by atoms with E-state index in [0.29, 0.717) is 0 Å². The first-order valence-corrected chi connectivity index (χ1v) is 7.71. The molecule has 0 saturated carbocycles. The average molecular weight is 378 g/mol. The number of carboxylic acids is 1. The maximum atomic E-state index is 12.8. The van der Waals surface area contributed by atoms with Crippen molar-refractivity contribution < 1.29 is 32.6 Å².